The molecule has 0 aromatic rings. The minimum atomic E-state index is -0.753. The molecule has 0 unspecified atom stereocenters. The average Bonchev–Trinajstić information content (AvgIpc) is 3.36. The van der Waals surface area contributed by atoms with Crippen molar-refractivity contribution in [2.75, 3.05) is 47.8 Å². The highest BCUT2D eigenvalue weighted by atomic mass is 16.7. The summed E-state index contributed by atoms with van der Waals surface area (Å²) in [4.78, 5) is 2.56. The maximum atomic E-state index is 12.0. The van der Waals surface area contributed by atoms with Gasteiger partial charge in [-0.25, -0.2) is 0 Å². The quantitative estimate of drug-likeness (QED) is 0.612. The molecule has 8 heteroatoms. The lowest BCUT2D eigenvalue weighted by Crippen LogP contribution is -2.81. The molecule has 7 aliphatic rings. The van der Waals surface area contributed by atoms with Crippen LogP contribution in [0.15, 0.2) is 0 Å². The van der Waals surface area contributed by atoms with Crippen LogP contribution in [0.2, 0.25) is 0 Å². The van der Waals surface area contributed by atoms with E-state index in [1.807, 2.05) is 0 Å². The lowest BCUT2D eigenvalue weighted by atomic mass is 9.42. The van der Waals surface area contributed by atoms with Crippen molar-refractivity contribution < 1.29 is 33.9 Å². The third kappa shape index (κ3) is 1.98. The van der Waals surface area contributed by atoms with Crippen LogP contribution in [0.1, 0.15) is 32.6 Å². The van der Waals surface area contributed by atoms with E-state index in [0.29, 0.717) is 13.0 Å². The van der Waals surface area contributed by atoms with E-state index in [-0.39, 0.29) is 54.1 Å². The van der Waals surface area contributed by atoms with Gasteiger partial charge in [0.25, 0.3) is 0 Å². The first kappa shape index (κ1) is 21.9. The molecule has 186 valence electrons. The van der Waals surface area contributed by atoms with Gasteiger partial charge in [0.15, 0.2) is 0 Å². The molecular weight excluding hydrogens is 426 g/mol. The lowest BCUT2D eigenvalue weighted by Gasteiger charge is -2.69. The number of hydrogen-bond donors (Lipinski definition) is 2. The summed E-state index contributed by atoms with van der Waals surface area (Å²) in [5.41, 5.74) is -1.99. The van der Waals surface area contributed by atoms with Gasteiger partial charge in [-0.05, 0) is 31.7 Å². The highest BCUT2D eigenvalue weighted by molar-refractivity contribution is 5.42. The second kappa shape index (κ2) is 6.71. The standard InChI is InChI=1S/C25H39NO7/c1-5-26-10-22(11-29-2)7-6-16(27)24-14-8-13-15(30-3)9-23(17(14)18(13)28)25(21(24)26,33-12-32-23)20(31-4)19(22)24/h13-21,27-28H,5-12H2,1-4H3/t13-,14-,15+,16+,17-,18+,19-,20+,21+,22+,23-,24+,25-/m1/s1. The number of ether oxygens (including phenoxy) is 5. The van der Waals surface area contributed by atoms with Crippen molar-refractivity contribution in [2.24, 2.45) is 34.5 Å². The molecule has 0 aromatic carbocycles. The molecular formula is C25H39NO7. The Kier molecular flexibility index (Phi) is 4.46. The summed E-state index contributed by atoms with van der Waals surface area (Å²) in [6.07, 6.45) is 1.90. The number of nitrogens with zero attached hydrogens (tertiary/aromatic N) is 1. The van der Waals surface area contributed by atoms with Gasteiger partial charge in [-0.2, -0.15) is 0 Å². The van der Waals surface area contributed by atoms with Gasteiger partial charge < -0.3 is 33.9 Å². The smallest absolute Gasteiger partial charge is 0.148 e. The van der Waals surface area contributed by atoms with E-state index in [9.17, 15) is 10.2 Å². The SMILES string of the molecule is CCN1C[C@]2(COC)CC[C@H](O)[C@@]34[C@@H]5C[C@H]6[C@H](O)[C@@H]5[C@@]5(C[C@@H]6OC)OCO[C@]5([C@@H](OC)[C@H]23)[C@@H]14. The zero-order valence-corrected chi connectivity index (χ0v) is 20.2. The van der Waals surface area contributed by atoms with Crippen molar-refractivity contribution >= 4 is 0 Å². The van der Waals surface area contributed by atoms with E-state index < -0.39 is 28.8 Å². The van der Waals surface area contributed by atoms with Crippen LogP contribution in [0.25, 0.3) is 0 Å². The van der Waals surface area contributed by atoms with E-state index in [2.05, 4.69) is 11.8 Å². The van der Waals surface area contributed by atoms with Crippen LogP contribution in [0.5, 0.6) is 0 Å². The molecule has 7 rings (SSSR count). The van der Waals surface area contributed by atoms with Gasteiger partial charge in [0, 0.05) is 62.9 Å². The molecule has 3 spiro atoms. The zero-order chi connectivity index (χ0) is 23.0. The van der Waals surface area contributed by atoms with Gasteiger partial charge in [-0.1, -0.05) is 6.92 Å². The number of rotatable bonds is 5. The Morgan fingerprint density at radius 1 is 1.12 bits per heavy atom. The summed E-state index contributed by atoms with van der Waals surface area (Å²) >= 11 is 0. The third-order valence-corrected chi connectivity index (χ3v) is 11.8. The van der Waals surface area contributed by atoms with Crippen molar-refractivity contribution in [1.29, 1.82) is 0 Å². The Balaban J connectivity index is 1.56. The van der Waals surface area contributed by atoms with Crippen molar-refractivity contribution in [3.05, 3.63) is 0 Å². The molecule has 7 fully saturated rings. The Labute approximate surface area is 195 Å². The third-order valence-electron chi connectivity index (χ3n) is 11.8. The maximum Gasteiger partial charge on any atom is 0.148 e. The van der Waals surface area contributed by atoms with E-state index in [1.54, 1.807) is 21.3 Å². The first-order valence-corrected chi connectivity index (χ1v) is 12.9. The molecule has 0 radical (unpaired) electrons. The summed E-state index contributed by atoms with van der Waals surface area (Å²) in [7, 11) is 5.34. The summed E-state index contributed by atoms with van der Waals surface area (Å²) in [6, 6.07) is -0.0180. The Bertz CT molecular complexity index is 844. The molecule has 0 aromatic heterocycles. The molecule has 2 N–H and O–H groups in total. The average molecular weight is 466 g/mol. The van der Waals surface area contributed by atoms with Crippen LogP contribution in [-0.2, 0) is 23.7 Å². The first-order valence-electron chi connectivity index (χ1n) is 12.9. The van der Waals surface area contributed by atoms with Gasteiger partial charge in [-0.3, -0.25) is 4.90 Å². The number of piperidine rings is 1. The van der Waals surface area contributed by atoms with Crippen molar-refractivity contribution in [2.45, 2.75) is 74.3 Å². The Hall–Kier alpha value is -0.320. The lowest BCUT2D eigenvalue weighted by molar-refractivity contribution is -0.282. The van der Waals surface area contributed by atoms with E-state index in [0.717, 1.165) is 32.4 Å². The number of methoxy groups -OCH3 is 3. The van der Waals surface area contributed by atoms with Crippen LogP contribution in [0.4, 0.5) is 0 Å². The van der Waals surface area contributed by atoms with Crippen LogP contribution >= 0.6 is 0 Å². The molecule has 33 heavy (non-hydrogen) atoms. The van der Waals surface area contributed by atoms with E-state index in [1.165, 1.54) is 0 Å². The molecule has 7 bridgehead atoms. The van der Waals surface area contributed by atoms with Gasteiger partial charge in [-0.15, -0.1) is 0 Å². The summed E-state index contributed by atoms with van der Waals surface area (Å²) in [6.45, 7) is 4.83. The Morgan fingerprint density at radius 2 is 1.94 bits per heavy atom. The molecule has 5 saturated carbocycles. The van der Waals surface area contributed by atoms with Gasteiger partial charge in [0.1, 0.15) is 18.0 Å². The normalized spacial score (nSPS) is 62.5. The summed E-state index contributed by atoms with van der Waals surface area (Å²) in [5, 5.41) is 23.8. The van der Waals surface area contributed by atoms with Crippen molar-refractivity contribution in [3.63, 3.8) is 0 Å². The zero-order valence-electron chi connectivity index (χ0n) is 20.2. The van der Waals surface area contributed by atoms with Gasteiger partial charge in [0.2, 0.25) is 0 Å². The fourth-order valence-electron chi connectivity index (χ4n) is 11.4. The number of hydrogen-bond acceptors (Lipinski definition) is 8. The van der Waals surface area contributed by atoms with Gasteiger partial charge >= 0.3 is 0 Å². The number of likely N-dealkylation sites (N-methyl/N-ethyl adjacent to an activating group) is 1. The van der Waals surface area contributed by atoms with Crippen LogP contribution < -0.4 is 0 Å². The predicted molar refractivity (Wildman–Crippen MR) is 116 cm³/mol. The fraction of sp³-hybridized carbons (Fsp3) is 1.00. The minimum Gasteiger partial charge on any atom is -0.392 e. The summed E-state index contributed by atoms with van der Waals surface area (Å²) < 4.78 is 31.9. The molecule has 13 atom stereocenters. The fourth-order valence-corrected chi connectivity index (χ4v) is 11.4. The molecule has 8 nitrogen and oxygen atoms in total. The monoisotopic (exact) mass is 465 g/mol. The maximum absolute atomic E-state index is 12.0. The first-order chi connectivity index (χ1) is 15.9. The number of fused-ring (bicyclic) bond motifs is 1. The predicted octanol–water partition coefficient (Wildman–Crippen LogP) is 0.637. The second-order valence-electron chi connectivity index (χ2n) is 12.0. The molecule has 2 aliphatic heterocycles. The molecule has 2 heterocycles. The molecule has 0 amide bonds. The minimum absolute atomic E-state index is 0.0180. The summed E-state index contributed by atoms with van der Waals surface area (Å²) in [5.74, 6) is 0.199. The van der Waals surface area contributed by atoms with E-state index in [4.69, 9.17) is 23.7 Å². The number of likely N-dealkylation sites (tertiary alicyclic amines) is 1. The van der Waals surface area contributed by atoms with Crippen LogP contribution in [-0.4, -0.2) is 105 Å². The largest absolute Gasteiger partial charge is 0.392 e. The van der Waals surface area contributed by atoms with Crippen LogP contribution in [0, 0.1) is 34.5 Å². The number of aliphatic hydroxyl groups excluding tert-OH is 2. The highest BCUT2D eigenvalue weighted by Gasteiger charge is 2.93. The van der Waals surface area contributed by atoms with E-state index >= 15 is 0 Å². The van der Waals surface area contributed by atoms with Crippen molar-refractivity contribution in [3.8, 4) is 0 Å². The van der Waals surface area contributed by atoms with Crippen molar-refractivity contribution in [1.82, 2.24) is 4.90 Å². The van der Waals surface area contributed by atoms with Crippen LogP contribution in [0.3, 0.4) is 0 Å². The molecule has 5 aliphatic carbocycles. The molecule has 2 saturated heterocycles. The second-order valence-corrected chi connectivity index (χ2v) is 12.0. The number of aliphatic hydroxyl groups is 2. The highest BCUT2D eigenvalue weighted by Crippen LogP contribution is 2.82. The topological polar surface area (TPSA) is 89.9 Å². The van der Waals surface area contributed by atoms with Gasteiger partial charge in [0.05, 0.1) is 37.1 Å². The Morgan fingerprint density at radius 3 is 2.64 bits per heavy atom.